The van der Waals surface area contributed by atoms with E-state index in [0.717, 1.165) is 11.0 Å². The highest BCUT2D eigenvalue weighted by atomic mass is 16.5. The molecule has 2 amide bonds. The topological polar surface area (TPSA) is 85.2 Å². The number of ether oxygens (including phenoxy) is 1. The summed E-state index contributed by atoms with van der Waals surface area (Å²) < 4.78 is 7.36. The number of hydrogen-bond acceptors (Lipinski definition) is 4. The van der Waals surface area contributed by atoms with Crippen LogP contribution in [0.3, 0.4) is 0 Å². The number of carbonyl (C=O) groups is 2. The van der Waals surface area contributed by atoms with Crippen LogP contribution in [0.25, 0.3) is 11.0 Å². The third-order valence-corrected chi connectivity index (χ3v) is 3.95. The minimum Gasteiger partial charge on any atom is -0.481 e. The van der Waals surface area contributed by atoms with Crippen molar-refractivity contribution in [2.24, 2.45) is 7.05 Å². The summed E-state index contributed by atoms with van der Waals surface area (Å²) in [6.07, 6.45) is -0.687. The molecular formula is C19H20N4O3. The summed E-state index contributed by atoms with van der Waals surface area (Å²) in [5.74, 6) is 0.406. The number of nitrogens with one attached hydrogen (secondary N) is 2. The number of fused-ring (bicyclic) bond motifs is 1. The average molecular weight is 352 g/mol. The van der Waals surface area contributed by atoms with E-state index in [1.807, 2.05) is 54.1 Å². The molecule has 7 nitrogen and oxygen atoms in total. The number of benzene rings is 2. The van der Waals surface area contributed by atoms with E-state index in [1.165, 1.54) is 0 Å². The first-order chi connectivity index (χ1) is 12.5. The van der Waals surface area contributed by atoms with Crippen LogP contribution in [-0.2, 0) is 23.1 Å². The summed E-state index contributed by atoms with van der Waals surface area (Å²) in [5.41, 5.74) is 6.55. The quantitative estimate of drug-likeness (QED) is 0.685. The number of carbonyl (C=O) groups excluding carboxylic acids is 2. The predicted molar refractivity (Wildman–Crippen MR) is 97.2 cm³/mol. The highest BCUT2D eigenvalue weighted by Gasteiger charge is 2.16. The molecule has 134 valence electrons. The molecule has 0 bridgehead atoms. The summed E-state index contributed by atoms with van der Waals surface area (Å²) in [5, 5.41) is 0. The van der Waals surface area contributed by atoms with E-state index in [-0.39, 0.29) is 12.3 Å². The third kappa shape index (κ3) is 4.00. The van der Waals surface area contributed by atoms with Crippen molar-refractivity contribution in [1.82, 2.24) is 20.4 Å². The van der Waals surface area contributed by atoms with Crippen LogP contribution in [0.4, 0.5) is 0 Å². The second-order valence-electron chi connectivity index (χ2n) is 5.86. The van der Waals surface area contributed by atoms with Crippen molar-refractivity contribution in [2.75, 3.05) is 0 Å². The van der Waals surface area contributed by atoms with Gasteiger partial charge in [-0.2, -0.15) is 0 Å². The molecule has 0 aliphatic rings. The molecule has 1 heterocycles. The van der Waals surface area contributed by atoms with E-state index < -0.39 is 12.0 Å². The summed E-state index contributed by atoms with van der Waals surface area (Å²) in [6, 6.07) is 16.7. The van der Waals surface area contributed by atoms with Gasteiger partial charge in [0, 0.05) is 7.05 Å². The maximum atomic E-state index is 12.1. The van der Waals surface area contributed by atoms with Crippen molar-refractivity contribution in [1.29, 1.82) is 0 Å². The Morgan fingerprint density at radius 3 is 2.50 bits per heavy atom. The fourth-order valence-electron chi connectivity index (χ4n) is 2.53. The molecule has 0 spiro atoms. The fraction of sp³-hybridized carbons (Fsp3) is 0.211. The molecule has 26 heavy (non-hydrogen) atoms. The second-order valence-corrected chi connectivity index (χ2v) is 5.86. The average Bonchev–Trinajstić information content (AvgIpc) is 2.96. The number of amides is 2. The number of aromatic nitrogens is 2. The van der Waals surface area contributed by atoms with Crippen LogP contribution in [0.2, 0.25) is 0 Å². The number of hydrogen-bond donors (Lipinski definition) is 2. The van der Waals surface area contributed by atoms with Crippen molar-refractivity contribution in [3.63, 3.8) is 0 Å². The molecule has 1 atom stereocenters. The summed E-state index contributed by atoms with van der Waals surface area (Å²) in [6.45, 7) is 1.61. The van der Waals surface area contributed by atoms with Gasteiger partial charge in [-0.25, -0.2) is 4.98 Å². The van der Waals surface area contributed by atoms with Crippen molar-refractivity contribution in [2.45, 2.75) is 19.4 Å². The van der Waals surface area contributed by atoms with Gasteiger partial charge in [0.05, 0.1) is 17.5 Å². The molecule has 0 aliphatic carbocycles. The van der Waals surface area contributed by atoms with Crippen molar-refractivity contribution < 1.29 is 14.3 Å². The summed E-state index contributed by atoms with van der Waals surface area (Å²) in [4.78, 5) is 28.6. The van der Waals surface area contributed by atoms with Crippen LogP contribution < -0.4 is 15.6 Å². The van der Waals surface area contributed by atoms with Gasteiger partial charge in [-0.05, 0) is 31.2 Å². The number of imidazole rings is 1. The summed E-state index contributed by atoms with van der Waals surface area (Å²) in [7, 11) is 1.85. The Morgan fingerprint density at radius 1 is 1.08 bits per heavy atom. The standard InChI is InChI=1S/C19H20N4O3/c1-13(26-14-8-4-3-5-9-14)19(25)22-21-18(24)12-17-20-15-10-6-7-11-16(15)23(17)2/h3-11,13H,12H2,1-2H3,(H,21,24)(H,22,25). The maximum absolute atomic E-state index is 12.1. The SMILES string of the molecule is CC(Oc1ccccc1)C(=O)NNC(=O)Cc1nc2ccccc2n1C. The number of hydrazine groups is 1. The number of para-hydroxylation sites is 3. The van der Waals surface area contributed by atoms with Gasteiger partial charge < -0.3 is 9.30 Å². The van der Waals surface area contributed by atoms with E-state index >= 15 is 0 Å². The van der Waals surface area contributed by atoms with Gasteiger partial charge in [0.25, 0.3) is 5.91 Å². The van der Waals surface area contributed by atoms with E-state index in [1.54, 1.807) is 19.1 Å². The van der Waals surface area contributed by atoms with Crippen molar-refractivity contribution in [3.05, 3.63) is 60.4 Å². The van der Waals surface area contributed by atoms with Crippen molar-refractivity contribution in [3.8, 4) is 5.75 Å². The molecule has 7 heteroatoms. The van der Waals surface area contributed by atoms with E-state index in [2.05, 4.69) is 15.8 Å². The molecule has 0 saturated carbocycles. The number of nitrogens with zero attached hydrogens (tertiary/aromatic N) is 2. The van der Waals surface area contributed by atoms with Gasteiger partial charge in [0.15, 0.2) is 6.10 Å². The Bertz CT molecular complexity index is 921. The van der Waals surface area contributed by atoms with Gasteiger partial charge >= 0.3 is 0 Å². The fourth-order valence-corrected chi connectivity index (χ4v) is 2.53. The first-order valence-corrected chi connectivity index (χ1v) is 8.25. The molecule has 0 saturated heterocycles. The molecule has 3 rings (SSSR count). The highest BCUT2D eigenvalue weighted by Crippen LogP contribution is 2.14. The molecule has 0 aliphatic heterocycles. The zero-order valence-corrected chi connectivity index (χ0v) is 14.6. The van der Waals surface area contributed by atoms with Gasteiger partial charge in [0.1, 0.15) is 11.6 Å². The molecule has 0 fully saturated rings. The van der Waals surface area contributed by atoms with Crippen LogP contribution >= 0.6 is 0 Å². The zero-order chi connectivity index (χ0) is 18.5. The Labute approximate surface area is 151 Å². The van der Waals surface area contributed by atoms with Crippen LogP contribution in [0.1, 0.15) is 12.7 Å². The van der Waals surface area contributed by atoms with Crippen LogP contribution in [0.15, 0.2) is 54.6 Å². The Balaban J connectivity index is 1.53. The van der Waals surface area contributed by atoms with E-state index in [4.69, 9.17) is 4.74 Å². The lowest BCUT2D eigenvalue weighted by Gasteiger charge is -2.15. The van der Waals surface area contributed by atoms with Gasteiger partial charge in [-0.15, -0.1) is 0 Å². The predicted octanol–water partition coefficient (Wildman–Crippen LogP) is 1.73. The number of rotatable bonds is 5. The Kier molecular flexibility index (Phi) is 5.17. The minimum absolute atomic E-state index is 0.0549. The van der Waals surface area contributed by atoms with Crippen LogP contribution in [0, 0.1) is 0 Å². The number of aryl methyl sites for hydroxylation is 1. The molecule has 1 unspecified atom stereocenters. The highest BCUT2D eigenvalue weighted by molar-refractivity contribution is 5.85. The monoisotopic (exact) mass is 352 g/mol. The molecular weight excluding hydrogens is 332 g/mol. The Morgan fingerprint density at radius 2 is 1.77 bits per heavy atom. The minimum atomic E-state index is -0.742. The second kappa shape index (κ2) is 7.69. The Hall–Kier alpha value is -3.35. The molecule has 1 aromatic heterocycles. The molecule has 0 radical (unpaired) electrons. The van der Waals surface area contributed by atoms with Gasteiger partial charge in [0.2, 0.25) is 5.91 Å². The zero-order valence-electron chi connectivity index (χ0n) is 14.6. The lowest BCUT2D eigenvalue weighted by molar-refractivity contribution is -0.132. The first-order valence-electron chi connectivity index (χ1n) is 8.25. The van der Waals surface area contributed by atoms with E-state index in [9.17, 15) is 9.59 Å². The lowest BCUT2D eigenvalue weighted by Crippen LogP contribution is -2.47. The molecule has 3 aromatic rings. The van der Waals surface area contributed by atoms with E-state index in [0.29, 0.717) is 11.6 Å². The lowest BCUT2D eigenvalue weighted by atomic mass is 10.3. The van der Waals surface area contributed by atoms with Crippen LogP contribution in [-0.4, -0.2) is 27.5 Å². The normalized spacial score (nSPS) is 11.8. The molecule has 2 N–H and O–H groups in total. The largest absolute Gasteiger partial charge is 0.481 e. The third-order valence-electron chi connectivity index (χ3n) is 3.95. The molecule has 2 aromatic carbocycles. The van der Waals surface area contributed by atoms with Crippen molar-refractivity contribution >= 4 is 22.8 Å². The van der Waals surface area contributed by atoms with Gasteiger partial charge in [-0.3, -0.25) is 20.4 Å². The maximum Gasteiger partial charge on any atom is 0.279 e. The van der Waals surface area contributed by atoms with Gasteiger partial charge in [-0.1, -0.05) is 30.3 Å². The van der Waals surface area contributed by atoms with Crippen LogP contribution in [0.5, 0.6) is 5.75 Å². The smallest absolute Gasteiger partial charge is 0.279 e. The summed E-state index contributed by atoms with van der Waals surface area (Å²) >= 11 is 0. The first kappa shape index (κ1) is 17.5.